The number of nitrogen functional groups attached to an aromatic ring is 1. The molecule has 0 bridgehead atoms. The Morgan fingerprint density at radius 3 is 2.87 bits per heavy atom. The van der Waals surface area contributed by atoms with E-state index in [2.05, 4.69) is 40.1 Å². The van der Waals surface area contributed by atoms with Gasteiger partial charge in [-0.25, -0.2) is 9.97 Å². The lowest BCUT2D eigenvalue weighted by atomic mass is 10.00. The molecule has 1 saturated heterocycles. The lowest BCUT2D eigenvalue weighted by Crippen LogP contribution is -2.40. The molecule has 1 fully saturated rings. The van der Waals surface area contributed by atoms with Crippen molar-refractivity contribution in [3.8, 4) is 0 Å². The van der Waals surface area contributed by atoms with E-state index in [4.69, 9.17) is 5.73 Å². The first-order chi connectivity index (χ1) is 11.2. The topological polar surface area (TPSA) is 67.1 Å². The third-order valence-corrected chi connectivity index (χ3v) is 4.63. The third kappa shape index (κ3) is 3.23. The number of aromatic nitrogens is 2. The van der Waals surface area contributed by atoms with Crippen LogP contribution < -0.4 is 16.0 Å². The minimum atomic E-state index is 0.521. The van der Waals surface area contributed by atoms with Crippen molar-refractivity contribution in [3.63, 3.8) is 0 Å². The predicted molar refractivity (Wildman–Crippen MR) is 96.2 cm³/mol. The van der Waals surface area contributed by atoms with E-state index >= 15 is 0 Å². The van der Waals surface area contributed by atoms with Gasteiger partial charge in [0.2, 0.25) is 0 Å². The van der Waals surface area contributed by atoms with Crippen molar-refractivity contribution < 1.29 is 0 Å². The highest BCUT2D eigenvalue weighted by atomic mass is 15.2. The van der Waals surface area contributed by atoms with Crippen molar-refractivity contribution in [1.29, 1.82) is 0 Å². The minimum absolute atomic E-state index is 0.521. The number of para-hydroxylation sites is 1. The van der Waals surface area contributed by atoms with Gasteiger partial charge in [0.15, 0.2) is 11.6 Å². The minimum Gasteiger partial charge on any atom is -0.393 e. The fraction of sp³-hybridized carbons (Fsp3) is 0.444. The number of aryl methyl sites for hydroxylation is 1. The molecule has 1 aromatic heterocycles. The van der Waals surface area contributed by atoms with Gasteiger partial charge in [0.1, 0.15) is 12.0 Å². The lowest BCUT2D eigenvalue weighted by molar-refractivity contribution is 0.447. The van der Waals surface area contributed by atoms with Crippen molar-refractivity contribution in [2.24, 2.45) is 0 Å². The number of hydrogen-bond acceptors (Lipinski definition) is 5. The van der Waals surface area contributed by atoms with Crippen LogP contribution in [0.5, 0.6) is 0 Å². The molecule has 0 spiro atoms. The summed E-state index contributed by atoms with van der Waals surface area (Å²) < 4.78 is 0. The van der Waals surface area contributed by atoms with Crippen LogP contribution in [-0.4, -0.2) is 22.6 Å². The van der Waals surface area contributed by atoms with Gasteiger partial charge < -0.3 is 16.0 Å². The molecule has 0 saturated carbocycles. The van der Waals surface area contributed by atoms with Crippen LogP contribution in [0, 0.1) is 6.92 Å². The maximum absolute atomic E-state index is 6.40. The van der Waals surface area contributed by atoms with Crippen LogP contribution in [0.3, 0.4) is 0 Å². The molecule has 1 unspecified atom stereocenters. The second-order valence-electron chi connectivity index (χ2n) is 6.15. The van der Waals surface area contributed by atoms with Crippen LogP contribution in [0.2, 0.25) is 0 Å². The van der Waals surface area contributed by atoms with E-state index in [-0.39, 0.29) is 0 Å². The van der Waals surface area contributed by atoms with E-state index in [1.54, 1.807) is 6.33 Å². The second kappa shape index (κ2) is 6.86. The highest BCUT2D eigenvalue weighted by Gasteiger charge is 2.25. The van der Waals surface area contributed by atoms with E-state index in [0.717, 1.165) is 30.0 Å². The highest BCUT2D eigenvalue weighted by Crippen LogP contribution is 2.33. The summed E-state index contributed by atoms with van der Waals surface area (Å²) in [5.41, 5.74) is 9.22. The van der Waals surface area contributed by atoms with Crippen molar-refractivity contribution in [3.05, 3.63) is 36.2 Å². The first-order valence-corrected chi connectivity index (χ1v) is 8.40. The Kier molecular flexibility index (Phi) is 4.65. The smallest absolute Gasteiger partial charge is 0.159 e. The number of nitrogens with one attached hydrogen (secondary N) is 1. The first kappa shape index (κ1) is 15.6. The molecule has 5 nitrogen and oxygen atoms in total. The highest BCUT2D eigenvalue weighted by molar-refractivity contribution is 5.79. The summed E-state index contributed by atoms with van der Waals surface area (Å²) in [5, 5.41) is 3.35. The van der Waals surface area contributed by atoms with E-state index < -0.39 is 0 Å². The molecule has 0 aliphatic carbocycles. The molecule has 5 heteroatoms. The second-order valence-corrected chi connectivity index (χ2v) is 6.15. The van der Waals surface area contributed by atoms with Crippen molar-refractivity contribution in [2.45, 2.75) is 45.6 Å². The van der Waals surface area contributed by atoms with Gasteiger partial charge in [0.05, 0.1) is 0 Å². The van der Waals surface area contributed by atoms with Gasteiger partial charge in [0, 0.05) is 18.3 Å². The van der Waals surface area contributed by atoms with Crippen LogP contribution >= 0.6 is 0 Å². The first-order valence-electron chi connectivity index (χ1n) is 8.40. The van der Waals surface area contributed by atoms with Gasteiger partial charge in [-0.1, -0.05) is 25.1 Å². The fourth-order valence-electron chi connectivity index (χ4n) is 3.26. The van der Waals surface area contributed by atoms with Crippen LogP contribution in [0.25, 0.3) is 0 Å². The normalized spacial score (nSPS) is 18.0. The Hall–Kier alpha value is -2.30. The van der Waals surface area contributed by atoms with Crippen molar-refractivity contribution in [1.82, 2.24) is 9.97 Å². The molecule has 2 aromatic rings. The SMILES string of the molecule is CCC1CCCCN1c1ncnc(Nc2ccccc2C)c1N. The summed E-state index contributed by atoms with van der Waals surface area (Å²) in [6.07, 6.45) is 6.41. The van der Waals surface area contributed by atoms with Crippen molar-refractivity contribution in [2.75, 3.05) is 22.5 Å². The zero-order valence-electron chi connectivity index (χ0n) is 13.9. The summed E-state index contributed by atoms with van der Waals surface area (Å²) in [4.78, 5) is 11.2. The van der Waals surface area contributed by atoms with E-state index in [1.807, 2.05) is 18.2 Å². The summed E-state index contributed by atoms with van der Waals surface area (Å²) >= 11 is 0. The largest absolute Gasteiger partial charge is 0.393 e. The Morgan fingerprint density at radius 1 is 1.26 bits per heavy atom. The van der Waals surface area contributed by atoms with Crippen LogP contribution in [-0.2, 0) is 0 Å². The molecule has 0 amide bonds. The number of piperidine rings is 1. The molecular formula is C18H25N5. The molecule has 3 rings (SSSR count). The molecule has 1 aliphatic rings. The Labute approximate surface area is 137 Å². The van der Waals surface area contributed by atoms with Gasteiger partial charge in [-0.15, -0.1) is 0 Å². The van der Waals surface area contributed by atoms with Gasteiger partial charge in [-0.05, 0) is 44.2 Å². The molecule has 1 aliphatic heterocycles. The van der Waals surface area contributed by atoms with Gasteiger partial charge >= 0.3 is 0 Å². The monoisotopic (exact) mass is 311 g/mol. The van der Waals surface area contributed by atoms with Crippen LogP contribution in [0.4, 0.5) is 23.0 Å². The van der Waals surface area contributed by atoms with Gasteiger partial charge in [-0.2, -0.15) is 0 Å². The molecule has 3 N–H and O–H groups in total. The average Bonchev–Trinajstić information content (AvgIpc) is 2.58. The Bertz CT molecular complexity index is 670. The maximum atomic E-state index is 6.40. The Balaban J connectivity index is 1.90. The summed E-state index contributed by atoms with van der Waals surface area (Å²) in [6, 6.07) is 8.65. The fourth-order valence-corrected chi connectivity index (χ4v) is 3.26. The molecule has 2 heterocycles. The molecule has 1 atom stereocenters. The molecule has 0 radical (unpaired) electrons. The predicted octanol–water partition coefficient (Wildman–Crippen LogP) is 3.88. The number of benzene rings is 1. The molecule has 23 heavy (non-hydrogen) atoms. The number of nitrogens with zero attached hydrogens (tertiary/aromatic N) is 3. The Morgan fingerprint density at radius 2 is 2.09 bits per heavy atom. The maximum Gasteiger partial charge on any atom is 0.159 e. The number of hydrogen-bond donors (Lipinski definition) is 2. The van der Waals surface area contributed by atoms with Crippen molar-refractivity contribution >= 4 is 23.0 Å². The van der Waals surface area contributed by atoms with Gasteiger partial charge in [-0.3, -0.25) is 0 Å². The molecule has 1 aromatic carbocycles. The molecule has 122 valence electrons. The van der Waals surface area contributed by atoms with E-state index in [1.165, 1.54) is 19.3 Å². The molecular weight excluding hydrogens is 286 g/mol. The number of nitrogens with two attached hydrogens (primary N) is 1. The summed E-state index contributed by atoms with van der Waals surface area (Å²) in [6.45, 7) is 5.31. The summed E-state index contributed by atoms with van der Waals surface area (Å²) in [5.74, 6) is 1.55. The van der Waals surface area contributed by atoms with E-state index in [0.29, 0.717) is 17.5 Å². The third-order valence-electron chi connectivity index (χ3n) is 4.63. The quantitative estimate of drug-likeness (QED) is 0.897. The standard InChI is InChI=1S/C18H25N5/c1-3-14-9-6-7-11-23(14)18-16(19)17(20-12-21-18)22-15-10-5-4-8-13(15)2/h4-5,8,10,12,14H,3,6-7,9,11,19H2,1-2H3,(H,20,21,22). The zero-order chi connectivity index (χ0) is 16.2. The van der Waals surface area contributed by atoms with Gasteiger partial charge in [0.25, 0.3) is 0 Å². The van der Waals surface area contributed by atoms with E-state index in [9.17, 15) is 0 Å². The zero-order valence-corrected chi connectivity index (χ0v) is 13.9. The van der Waals surface area contributed by atoms with Crippen LogP contribution in [0.1, 0.15) is 38.2 Å². The number of anilines is 4. The lowest BCUT2D eigenvalue weighted by Gasteiger charge is -2.36. The average molecular weight is 311 g/mol. The number of rotatable bonds is 4. The summed E-state index contributed by atoms with van der Waals surface area (Å²) in [7, 11) is 0. The van der Waals surface area contributed by atoms with Crippen LogP contribution in [0.15, 0.2) is 30.6 Å².